The molecule has 0 aliphatic heterocycles. The van der Waals surface area contributed by atoms with Gasteiger partial charge in [-0.05, 0) is 62.7 Å². The van der Waals surface area contributed by atoms with E-state index < -0.39 is 0 Å². The second-order valence-corrected chi connectivity index (χ2v) is 7.03. The zero-order valence-electron chi connectivity index (χ0n) is 16.1. The third-order valence-corrected chi connectivity index (χ3v) is 4.15. The van der Waals surface area contributed by atoms with E-state index in [9.17, 15) is 9.59 Å². The van der Waals surface area contributed by atoms with Gasteiger partial charge in [-0.15, -0.1) is 0 Å². The number of nitrogens with one attached hydrogen (secondary N) is 1. The van der Waals surface area contributed by atoms with Crippen molar-refractivity contribution >= 4 is 34.8 Å². The van der Waals surface area contributed by atoms with E-state index in [0.29, 0.717) is 10.7 Å². The largest absolute Gasteiger partial charge is 0.491 e. The summed E-state index contributed by atoms with van der Waals surface area (Å²) in [6, 6.07) is 12.6. The monoisotopic (exact) mass is 388 g/mol. The third kappa shape index (κ3) is 6.29. The maximum atomic E-state index is 12.3. The number of amides is 2. The Kier molecular flexibility index (Phi) is 7.25. The Morgan fingerprint density at radius 1 is 1.15 bits per heavy atom. The molecule has 144 valence electrons. The van der Waals surface area contributed by atoms with Crippen molar-refractivity contribution < 1.29 is 14.3 Å². The van der Waals surface area contributed by atoms with E-state index >= 15 is 0 Å². The van der Waals surface area contributed by atoms with Crippen LogP contribution in [0.15, 0.2) is 42.5 Å². The summed E-state index contributed by atoms with van der Waals surface area (Å²) in [4.78, 5) is 25.9. The van der Waals surface area contributed by atoms with Crippen LogP contribution in [0.3, 0.4) is 0 Å². The summed E-state index contributed by atoms with van der Waals surface area (Å²) in [5, 5.41) is 3.39. The first-order valence-electron chi connectivity index (χ1n) is 8.87. The molecule has 6 heteroatoms. The molecule has 2 amide bonds. The molecule has 0 atom stereocenters. The molecule has 0 fully saturated rings. The molecule has 0 radical (unpaired) electrons. The van der Waals surface area contributed by atoms with Gasteiger partial charge in [-0.3, -0.25) is 9.59 Å². The van der Waals surface area contributed by atoms with Gasteiger partial charge in [-0.1, -0.05) is 17.7 Å². The fraction of sp³-hybridized carbons (Fsp3) is 0.333. The van der Waals surface area contributed by atoms with Crippen LogP contribution in [0.25, 0.3) is 0 Å². The van der Waals surface area contributed by atoms with Gasteiger partial charge in [0.1, 0.15) is 5.75 Å². The third-order valence-electron chi connectivity index (χ3n) is 3.91. The van der Waals surface area contributed by atoms with Crippen molar-refractivity contribution in [2.24, 2.45) is 0 Å². The number of carbonyl (C=O) groups is 2. The number of hydrogen-bond acceptors (Lipinski definition) is 3. The van der Waals surface area contributed by atoms with E-state index in [1.54, 1.807) is 29.2 Å². The molecule has 0 spiro atoms. The van der Waals surface area contributed by atoms with Crippen molar-refractivity contribution in [2.45, 2.75) is 40.2 Å². The topological polar surface area (TPSA) is 58.6 Å². The molecule has 0 unspecified atom stereocenters. The van der Waals surface area contributed by atoms with Crippen LogP contribution in [0.4, 0.5) is 11.4 Å². The summed E-state index contributed by atoms with van der Waals surface area (Å²) in [6.45, 7) is 7.57. The minimum absolute atomic E-state index is 0.0953. The molecular weight excluding hydrogens is 364 g/mol. The molecule has 2 aromatic rings. The first-order valence-corrected chi connectivity index (χ1v) is 9.25. The smallest absolute Gasteiger partial charge is 0.226 e. The molecule has 0 saturated heterocycles. The molecule has 27 heavy (non-hydrogen) atoms. The standard InChI is InChI=1S/C21H25ClN2O3/c1-14(2)27-19-9-7-18(8-10-19)23-21(26)11-12-24(16(4)25)20-13-17(22)6-5-15(20)3/h5-10,13-14H,11-12H2,1-4H3,(H,23,26). The predicted molar refractivity (Wildman–Crippen MR) is 110 cm³/mol. The Morgan fingerprint density at radius 3 is 2.41 bits per heavy atom. The summed E-state index contributed by atoms with van der Waals surface area (Å²) in [6.07, 6.45) is 0.272. The molecule has 0 aliphatic carbocycles. The lowest BCUT2D eigenvalue weighted by atomic mass is 10.1. The zero-order chi connectivity index (χ0) is 20.0. The molecule has 0 heterocycles. The van der Waals surface area contributed by atoms with E-state index in [-0.39, 0.29) is 30.9 Å². The van der Waals surface area contributed by atoms with Crippen molar-refractivity contribution in [3.05, 3.63) is 53.1 Å². The van der Waals surface area contributed by atoms with Crippen molar-refractivity contribution in [1.29, 1.82) is 0 Å². The maximum Gasteiger partial charge on any atom is 0.226 e. The summed E-state index contributed by atoms with van der Waals surface area (Å²) < 4.78 is 5.58. The number of benzene rings is 2. The van der Waals surface area contributed by atoms with Gasteiger partial charge >= 0.3 is 0 Å². The number of hydrogen-bond donors (Lipinski definition) is 1. The Balaban J connectivity index is 1.98. The first kappa shape index (κ1) is 20.8. The van der Waals surface area contributed by atoms with Gasteiger partial charge in [0, 0.05) is 36.3 Å². The summed E-state index contributed by atoms with van der Waals surface area (Å²) in [5.74, 6) is 0.448. The van der Waals surface area contributed by atoms with E-state index in [1.807, 2.05) is 39.0 Å². The number of rotatable bonds is 7. The number of ether oxygens (including phenoxy) is 1. The molecule has 0 aliphatic rings. The minimum atomic E-state index is -0.168. The molecular formula is C21H25ClN2O3. The molecule has 2 rings (SSSR count). The summed E-state index contributed by atoms with van der Waals surface area (Å²) in [7, 11) is 0. The van der Waals surface area contributed by atoms with Crippen molar-refractivity contribution in [3.63, 3.8) is 0 Å². The number of anilines is 2. The lowest BCUT2D eigenvalue weighted by Gasteiger charge is -2.23. The van der Waals surface area contributed by atoms with Crippen molar-refractivity contribution in [2.75, 3.05) is 16.8 Å². The molecule has 0 saturated carbocycles. The Morgan fingerprint density at radius 2 is 1.81 bits per heavy atom. The summed E-state index contributed by atoms with van der Waals surface area (Å²) in [5.41, 5.74) is 2.33. The number of halogens is 1. The first-order chi connectivity index (χ1) is 12.8. The van der Waals surface area contributed by atoms with Crippen LogP contribution in [0.1, 0.15) is 32.8 Å². The summed E-state index contributed by atoms with van der Waals surface area (Å²) >= 11 is 6.05. The number of nitrogens with zero attached hydrogens (tertiary/aromatic N) is 1. The van der Waals surface area contributed by atoms with Crippen LogP contribution in [-0.4, -0.2) is 24.5 Å². The number of aryl methyl sites for hydroxylation is 1. The van der Waals surface area contributed by atoms with Crippen LogP contribution in [-0.2, 0) is 9.59 Å². The Hall–Kier alpha value is -2.53. The molecule has 0 bridgehead atoms. The fourth-order valence-corrected chi connectivity index (χ4v) is 2.81. The van der Waals surface area contributed by atoms with E-state index in [2.05, 4.69) is 5.32 Å². The van der Waals surface area contributed by atoms with Crippen LogP contribution in [0.5, 0.6) is 5.75 Å². The number of carbonyl (C=O) groups excluding carboxylic acids is 2. The van der Waals surface area contributed by atoms with Gasteiger partial charge in [0.15, 0.2) is 0 Å². The fourth-order valence-electron chi connectivity index (χ4n) is 2.65. The van der Waals surface area contributed by atoms with Gasteiger partial charge in [0.2, 0.25) is 11.8 Å². The van der Waals surface area contributed by atoms with E-state index in [4.69, 9.17) is 16.3 Å². The highest BCUT2D eigenvalue weighted by Crippen LogP contribution is 2.25. The predicted octanol–water partition coefficient (Wildman–Crippen LogP) is 4.82. The van der Waals surface area contributed by atoms with Crippen LogP contribution < -0.4 is 15.0 Å². The molecule has 1 N–H and O–H groups in total. The lowest BCUT2D eigenvalue weighted by Crippen LogP contribution is -2.32. The van der Waals surface area contributed by atoms with Crippen molar-refractivity contribution in [3.8, 4) is 5.75 Å². The van der Waals surface area contributed by atoms with E-state index in [0.717, 1.165) is 17.0 Å². The van der Waals surface area contributed by atoms with Crippen LogP contribution in [0.2, 0.25) is 5.02 Å². The van der Waals surface area contributed by atoms with Gasteiger partial charge < -0.3 is 15.0 Å². The quantitative estimate of drug-likeness (QED) is 0.739. The van der Waals surface area contributed by atoms with Gasteiger partial charge in [-0.2, -0.15) is 0 Å². The molecule has 0 aromatic heterocycles. The van der Waals surface area contributed by atoms with Crippen LogP contribution in [0, 0.1) is 6.92 Å². The SMILES string of the molecule is CC(=O)N(CCC(=O)Nc1ccc(OC(C)C)cc1)c1cc(Cl)ccc1C. The van der Waals surface area contributed by atoms with Crippen molar-refractivity contribution in [1.82, 2.24) is 0 Å². The highest BCUT2D eigenvalue weighted by Gasteiger charge is 2.16. The van der Waals surface area contributed by atoms with E-state index in [1.165, 1.54) is 6.92 Å². The molecule has 2 aromatic carbocycles. The second kappa shape index (κ2) is 9.42. The minimum Gasteiger partial charge on any atom is -0.491 e. The van der Waals surface area contributed by atoms with Gasteiger partial charge in [0.25, 0.3) is 0 Å². The Labute approximate surface area is 165 Å². The highest BCUT2D eigenvalue weighted by molar-refractivity contribution is 6.31. The second-order valence-electron chi connectivity index (χ2n) is 6.59. The average molecular weight is 389 g/mol. The highest BCUT2D eigenvalue weighted by atomic mass is 35.5. The van der Waals surface area contributed by atoms with Gasteiger partial charge in [0.05, 0.1) is 6.10 Å². The lowest BCUT2D eigenvalue weighted by molar-refractivity contribution is -0.117. The van der Waals surface area contributed by atoms with Gasteiger partial charge in [-0.25, -0.2) is 0 Å². The molecule has 5 nitrogen and oxygen atoms in total. The maximum absolute atomic E-state index is 12.3. The normalized spacial score (nSPS) is 10.6. The average Bonchev–Trinajstić information content (AvgIpc) is 2.59. The zero-order valence-corrected chi connectivity index (χ0v) is 16.8. The Bertz CT molecular complexity index is 804. The van der Waals surface area contributed by atoms with Crippen LogP contribution >= 0.6 is 11.6 Å².